The minimum absolute atomic E-state index is 0.598. The molecule has 1 aromatic rings. The van der Waals surface area contributed by atoms with E-state index >= 15 is 0 Å². The van der Waals surface area contributed by atoms with Gasteiger partial charge >= 0.3 is 0 Å². The fraction of sp³-hybridized carbons (Fsp3) is 0.769. The van der Waals surface area contributed by atoms with Crippen LogP contribution in [0.1, 0.15) is 45.0 Å². The van der Waals surface area contributed by atoms with Crippen molar-refractivity contribution in [3.8, 4) is 0 Å². The standard InChI is InChI=1S/C13H25N3/c1-5-9-14-11(3)7-8-13-10-12(4)15-16(13)6-2/h10-11,14H,5-9H2,1-4H3. The number of aryl methyl sites for hydroxylation is 3. The van der Waals surface area contributed by atoms with Gasteiger partial charge in [0.15, 0.2) is 0 Å². The van der Waals surface area contributed by atoms with Crippen molar-refractivity contribution in [3.63, 3.8) is 0 Å². The van der Waals surface area contributed by atoms with E-state index < -0.39 is 0 Å². The van der Waals surface area contributed by atoms with Crippen molar-refractivity contribution < 1.29 is 0 Å². The van der Waals surface area contributed by atoms with Crippen molar-refractivity contribution in [1.29, 1.82) is 0 Å². The topological polar surface area (TPSA) is 29.9 Å². The molecule has 1 rings (SSSR count). The summed E-state index contributed by atoms with van der Waals surface area (Å²) in [6.07, 6.45) is 3.51. The summed E-state index contributed by atoms with van der Waals surface area (Å²) >= 11 is 0. The zero-order valence-electron chi connectivity index (χ0n) is 11.1. The van der Waals surface area contributed by atoms with Gasteiger partial charge in [-0.1, -0.05) is 6.92 Å². The molecular weight excluding hydrogens is 198 g/mol. The maximum absolute atomic E-state index is 4.47. The Labute approximate surface area is 99.2 Å². The number of hydrogen-bond donors (Lipinski definition) is 1. The van der Waals surface area contributed by atoms with Gasteiger partial charge in [-0.3, -0.25) is 4.68 Å². The van der Waals surface area contributed by atoms with Gasteiger partial charge < -0.3 is 5.32 Å². The number of nitrogens with zero attached hydrogens (tertiary/aromatic N) is 2. The summed E-state index contributed by atoms with van der Waals surface area (Å²) in [6, 6.07) is 2.80. The van der Waals surface area contributed by atoms with E-state index in [9.17, 15) is 0 Å². The average molecular weight is 223 g/mol. The molecule has 0 aliphatic carbocycles. The first-order valence-electron chi connectivity index (χ1n) is 6.44. The van der Waals surface area contributed by atoms with E-state index in [2.05, 4.69) is 48.9 Å². The minimum Gasteiger partial charge on any atom is -0.314 e. The zero-order valence-corrected chi connectivity index (χ0v) is 11.1. The Bertz CT molecular complexity index is 304. The molecule has 3 nitrogen and oxygen atoms in total. The molecule has 0 aliphatic rings. The van der Waals surface area contributed by atoms with Crippen LogP contribution in [0.4, 0.5) is 0 Å². The third-order valence-corrected chi connectivity index (χ3v) is 2.86. The quantitative estimate of drug-likeness (QED) is 0.770. The molecule has 0 radical (unpaired) electrons. The van der Waals surface area contributed by atoms with Crippen LogP contribution in [0, 0.1) is 6.92 Å². The highest BCUT2D eigenvalue weighted by Gasteiger charge is 2.06. The molecule has 0 amide bonds. The van der Waals surface area contributed by atoms with E-state index in [-0.39, 0.29) is 0 Å². The first-order valence-corrected chi connectivity index (χ1v) is 6.44. The van der Waals surface area contributed by atoms with Crippen molar-refractivity contribution in [2.24, 2.45) is 0 Å². The molecule has 1 unspecified atom stereocenters. The van der Waals surface area contributed by atoms with Crippen LogP contribution in [-0.4, -0.2) is 22.4 Å². The summed E-state index contributed by atoms with van der Waals surface area (Å²) in [4.78, 5) is 0. The first-order chi connectivity index (χ1) is 7.67. The normalized spacial score (nSPS) is 13.0. The molecule has 0 saturated heterocycles. The Kier molecular flexibility index (Phi) is 5.53. The summed E-state index contributed by atoms with van der Waals surface area (Å²) in [5.41, 5.74) is 2.50. The molecule has 1 heterocycles. The lowest BCUT2D eigenvalue weighted by atomic mass is 10.1. The molecule has 1 aromatic heterocycles. The number of nitrogens with one attached hydrogen (secondary N) is 1. The van der Waals surface area contributed by atoms with Crippen LogP contribution in [0.25, 0.3) is 0 Å². The van der Waals surface area contributed by atoms with E-state index in [1.165, 1.54) is 18.5 Å². The fourth-order valence-corrected chi connectivity index (χ4v) is 1.93. The molecule has 0 fully saturated rings. The Hall–Kier alpha value is -0.830. The van der Waals surface area contributed by atoms with Crippen molar-refractivity contribution in [2.45, 2.75) is 59.5 Å². The van der Waals surface area contributed by atoms with Crippen LogP contribution < -0.4 is 5.32 Å². The van der Waals surface area contributed by atoms with E-state index in [0.717, 1.165) is 25.2 Å². The van der Waals surface area contributed by atoms with Gasteiger partial charge in [0.2, 0.25) is 0 Å². The summed E-state index contributed by atoms with van der Waals surface area (Å²) in [7, 11) is 0. The molecule has 0 spiro atoms. The Morgan fingerprint density at radius 1 is 1.44 bits per heavy atom. The summed E-state index contributed by atoms with van der Waals surface area (Å²) < 4.78 is 2.11. The highest BCUT2D eigenvalue weighted by atomic mass is 15.3. The van der Waals surface area contributed by atoms with Crippen LogP contribution in [-0.2, 0) is 13.0 Å². The maximum atomic E-state index is 4.47. The lowest BCUT2D eigenvalue weighted by Crippen LogP contribution is -2.27. The molecule has 1 N–H and O–H groups in total. The molecule has 0 bridgehead atoms. The summed E-state index contributed by atoms with van der Waals surface area (Å²) in [5.74, 6) is 0. The predicted molar refractivity (Wildman–Crippen MR) is 68.7 cm³/mol. The second-order valence-corrected chi connectivity index (χ2v) is 4.49. The van der Waals surface area contributed by atoms with Gasteiger partial charge in [-0.2, -0.15) is 5.10 Å². The largest absolute Gasteiger partial charge is 0.314 e. The Morgan fingerprint density at radius 3 is 2.81 bits per heavy atom. The highest BCUT2D eigenvalue weighted by Crippen LogP contribution is 2.08. The lowest BCUT2D eigenvalue weighted by Gasteiger charge is -2.13. The zero-order chi connectivity index (χ0) is 12.0. The smallest absolute Gasteiger partial charge is 0.0596 e. The van der Waals surface area contributed by atoms with Crippen molar-refractivity contribution in [3.05, 3.63) is 17.5 Å². The van der Waals surface area contributed by atoms with Crippen molar-refractivity contribution in [1.82, 2.24) is 15.1 Å². The van der Waals surface area contributed by atoms with Crippen molar-refractivity contribution >= 4 is 0 Å². The molecule has 1 atom stereocenters. The van der Waals surface area contributed by atoms with Crippen LogP contribution in [0.2, 0.25) is 0 Å². The molecule has 3 heteroatoms. The van der Waals surface area contributed by atoms with Crippen LogP contribution in [0.15, 0.2) is 6.07 Å². The molecular formula is C13H25N3. The van der Waals surface area contributed by atoms with Gasteiger partial charge in [0.25, 0.3) is 0 Å². The van der Waals surface area contributed by atoms with Crippen LogP contribution in [0.5, 0.6) is 0 Å². The lowest BCUT2D eigenvalue weighted by molar-refractivity contribution is 0.500. The minimum atomic E-state index is 0.598. The number of hydrogen-bond acceptors (Lipinski definition) is 2. The van der Waals surface area contributed by atoms with Gasteiger partial charge in [0, 0.05) is 18.3 Å². The first kappa shape index (κ1) is 13.2. The van der Waals surface area contributed by atoms with E-state index in [1.807, 2.05) is 0 Å². The predicted octanol–water partition coefficient (Wildman–Crippen LogP) is 2.53. The van der Waals surface area contributed by atoms with Gasteiger partial charge in [-0.25, -0.2) is 0 Å². The SMILES string of the molecule is CCCNC(C)CCc1cc(C)nn1CC. The van der Waals surface area contributed by atoms with Gasteiger partial charge in [-0.05, 0) is 52.6 Å². The van der Waals surface area contributed by atoms with Gasteiger partial charge in [0.1, 0.15) is 0 Å². The molecule has 0 aliphatic heterocycles. The second-order valence-electron chi connectivity index (χ2n) is 4.49. The number of aromatic nitrogens is 2. The third-order valence-electron chi connectivity index (χ3n) is 2.86. The van der Waals surface area contributed by atoms with E-state index in [0.29, 0.717) is 6.04 Å². The van der Waals surface area contributed by atoms with Crippen LogP contribution in [0.3, 0.4) is 0 Å². The third kappa shape index (κ3) is 3.97. The maximum Gasteiger partial charge on any atom is 0.0596 e. The van der Waals surface area contributed by atoms with Crippen molar-refractivity contribution in [2.75, 3.05) is 6.54 Å². The molecule has 0 saturated carbocycles. The highest BCUT2D eigenvalue weighted by molar-refractivity contribution is 5.09. The van der Waals surface area contributed by atoms with Gasteiger partial charge in [0.05, 0.1) is 5.69 Å². The Morgan fingerprint density at radius 2 is 2.19 bits per heavy atom. The Balaban J connectivity index is 2.41. The summed E-state index contributed by atoms with van der Waals surface area (Å²) in [5, 5.41) is 7.98. The monoisotopic (exact) mass is 223 g/mol. The second kappa shape index (κ2) is 6.69. The molecule has 92 valence electrons. The molecule has 16 heavy (non-hydrogen) atoms. The van der Waals surface area contributed by atoms with Crippen LogP contribution >= 0.6 is 0 Å². The van der Waals surface area contributed by atoms with E-state index in [4.69, 9.17) is 0 Å². The fourth-order valence-electron chi connectivity index (χ4n) is 1.93. The van der Waals surface area contributed by atoms with E-state index in [1.54, 1.807) is 0 Å². The molecule has 0 aromatic carbocycles. The van der Waals surface area contributed by atoms with Gasteiger partial charge in [-0.15, -0.1) is 0 Å². The summed E-state index contributed by atoms with van der Waals surface area (Å²) in [6.45, 7) is 10.8. The average Bonchev–Trinajstić information content (AvgIpc) is 2.64. The number of rotatable bonds is 7.